The van der Waals surface area contributed by atoms with Gasteiger partial charge in [-0.05, 0) is 25.5 Å². The highest BCUT2D eigenvalue weighted by Crippen LogP contribution is 2.25. The van der Waals surface area contributed by atoms with E-state index in [9.17, 15) is 9.59 Å². The third kappa shape index (κ3) is 2.90. The first-order chi connectivity index (χ1) is 10.1. The van der Waals surface area contributed by atoms with Gasteiger partial charge in [-0.25, -0.2) is 0 Å². The smallest absolute Gasteiger partial charge is 0.235 e. The lowest BCUT2D eigenvalue weighted by Gasteiger charge is -2.35. The van der Waals surface area contributed by atoms with Crippen molar-refractivity contribution < 1.29 is 9.59 Å². The molecule has 3 heterocycles. The first-order valence-electron chi connectivity index (χ1n) is 7.42. The van der Waals surface area contributed by atoms with E-state index in [-0.39, 0.29) is 17.7 Å². The summed E-state index contributed by atoms with van der Waals surface area (Å²) in [6.07, 6.45) is 2.76. The third-order valence-electron chi connectivity index (χ3n) is 4.20. The van der Waals surface area contributed by atoms with E-state index in [2.05, 4.69) is 27.4 Å². The van der Waals surface area contributed by atoms with Gasteiger partial charge in [0.05, 0.1) is 23.5 Å². The second-order valence-corrected chi connectivity index (χ2v) is 5.69. The molecule has 1 unspecified atom stereocenters. The zero-order valence-corrected chi connectivity index (χ0v) is 12.1. The molecule has 21 heavy (non-hydrogen) atoms. The minimum atomic E-state index is -0.308. The van der Waals surface area contributed by atoms with Crippen molar-refractivity contribution in [2.75, 3.05) is 24.5 Å². The summed E-state index contributed by atoms with van der Waals surface area (Å²) in [4.78, 5) is 29.8. The molecule has 0 aromatic carbocycles. The SMILES string of the molecule is C[C@@H]1CNCCN1c1ccc(C2CCC(=O)NC2=O)nc1. The van der Waals surface area contributed by atoms with E-state index in [4.69, 9.17) is 0 Å². The molecule has 2 N–H and O–H groups in total. The summed E-state index contributed by atoms with van der Waals surface area (Å²) in [5.41, 5.74) is 1.83. The maximum Gasteiger partial charge on any atom is 0.235 e. The van der Waals surface area contributed by atoms with Crippen molar-refractivity contribution in [3.05, 3.63) is 24.0 Å². The first kappa shape index (κ1) is 14.0. The Bertz CT molecular complexity index is 543. The fourth-order valence-electron chi connectivity index (χ4n) is 2.97. The minimum absolute atomic E-state index is 0.192. The number of hydrogen-bond acceptors (Lipinski definition) is 5. The van der Waals surface area contributed by atoms with Crippen LogP contribution in [0.2, 0.25) is 0 Å². The van der Waals surface area contributed by atoms with E-state index >= 15 is 0 Å². The van der Waals surface area contributed by atoms with Gasteiger partial charge >= 0.3 is 0 Å². The van der Waals surface area contributed by atoms with Crippen molar-refractivity contribution in [1.82, 2.24) is 15.6 Å². The van der Waals surface area contributed by atoms with Gasteiger partial charge in [-0.1, -0.05) is 0 Å². The molecule has 3 rings (SSSR count). The predicted octanol–water partition coefficient (Wildman–Crippen LogP) is 0.400. The number of amides is 2. The van der Waals surface area contributed by atoms with Crippen molar-refractivity contribution in [1.29, 1.82) is 0 Å². The summed E-state index contributed by atoms with van der Waals surface area (Å²) in [5.74, 6) is -0.734. The first-order valence-corrected chi connectivity index (χ1v) is 7.42. The van der Waals surface area contributed by atoms with E-state index in [1.165, 1.54) is 0 Å². The van der Waals surface area contributed by atoms with Crippen molar-refractivity contribution in [2.24, 2.45) is 0 Å². The van der Waals surface area contributed by atoms with Gasteiger partial charge in [-0.2, -0.15) is 0 Å². The van der Waals surface area contributed by atoms with Gasteiger partial charge in [0.25, 0.3) is 0 Å². The van der Waals surface area contributed by atoms with Gasteiger partial charge in [0, 0.05) is 32.1 Å². The number of nitrogens with zero attached hydrogens (tertiary/aromatic N) is 2. The number of imide groups is 1. The Kier molecular flexibility index (Phi) is 3.88. The standard InChI is InChI=1S/C15H20N4O2/c1-10-8-16-6-7-19(10)11-2-4-13(17-9-11)12-3-5-14(20)18-15(12)21/h2,4,9-10,12,16H,3,5-8H2,1H3,(H,18,20,21)/t10-,12?/m1/s1. The Labute approximate surface area is 123 Å². The summed E-state index contributed by atoms with van der Waals surface area (Å²) in [5, 5.41) is 5.74. The summed E-state index contributed by atoms with van der Waals surface area (Å²) >= 11 is 0. The maximum atomic E-state index is 11.9. The van der Waals surface area contributed by atoms with Crippen LogP contribution in [0.25, 0.3) is 0 Å². The molecule has 2 aliphatic heterocycles. The van der Waals surface area contributed by atoms with Gasteiger partial charge in [0.1, 0.15) is 0 Å². The molecule has 0 saturated carbocycles. The van der Waals surface area contributed by atoms with Crippen molar-refractivity contribution in [2.45, 2.75) is 31.7 Å². The van der Waals surface area contributed by atoms with E-state index in [1.54, 1.807) is 0 Å². The predicted molar refractivity (Wildman–Crippen MR) is 79.0 cm³/mol. The lowest BCUT2D eigenvalue weighted by atomic mass is 9.94. The number of anilines is 1. The number of nitrogens with one attached hydrogen (secondary N) is 2. The molecule has 6 nitrogen and oxygen atoms in total. The quantitative estimate of drug-likeness (QED) is 0.771. The van der Waals surface area contributed by atoms with Crippen LogP contribution in [0.1, 0.15) is 31.4 Å². The van der Waals surface area contributed by atoms with E-state index in [0.29, 0.717) is 18.9 Å². The number of pyridine rings is 1. The highest BCUT2D eigenvalue weighted by molar-refractivity contribution is 6.00. The Balaban J connectivity index is 1.74. The molecule has 1 aromatic rings. The summed E-state index contributed by atoms with van der Waals surface area (Å²) in [6, 6.07) is 4.36. The van der Waals surface area contributed by atoms with Crippen LogP contribution in [-0.2, 0) is 9.59 Å². The van der Waals surface area contributed by atoms with Crippen LogP contribution in [0.4, 0.5) is 5.69 Å². The fourth-order valence-corrected chi connectivity index (χ4v) is 2.97. The van der Waals surface area contributed by atoms with E-state index < -0.39 is 0 Å². The molecule has 0 aliphatic carbocycles. The molecular formula is C15H20N4O2. The number of carbonyl (C=O) groups excluding carboxylic acids is 2. The van der Waals surface area contributed by atoms with Crippen LogP contribution in [0.3, 0.4) is 0 Å². The number of aromatic nitrogens is 1. The van der Waals surface area contributed by atoms with Crippen molar-refractivity contribution in [3.8, 4) is 0 Å². The average Bonchev–Trinajstić information content (AvgIpc) is 2.48. The fraction of sp³-hybridized carbons (Fsp3) is 0.533. The monoisotopic (exact) mass is 288 g/mol. The molecular weight excluding hydrogens is 268 g/mol. The van der Waals surface area contributed by atoms with Crippen LogP contribution < -0.4 is 15.5 Å². The molecule has 6 heteroatoms. The second-order valence-electron chi connectivity index (χ2n) is 5.69. The molecule has 2 saturated heterocycles. The molecule has 2 fully saturated rings. The zero-order chi connectivity index (χ0) is 14.8. The van der Waals surface area contributed by atoms with Gasteiger partial charge in [0.15, 0.2) is 0 Å². The zero-order valence-electron chi connectivity index (χ0n) is 12.1. The lowest BCUT2D eigenvalue weighted by molar-refractivity contribution is -0.134. The Morgan fingerprint density at radius 2 is 2.19 bits per heavy atom. The molecule has 2 aliphatic rings. The molecule has 112 valence electrons. The van der Waals surface area contributed by atoms with Crippen molar-refractivity contribution in [3.63, 3.8) is 0 Å². The van der Waals surface area contributed by atoms with E-state index in [1.807, 2.05) is 18.3 Å². The third-order valence-corrected chi connectivity index (χ3v) is 4.20. The lowest BCUT2D eigenvalue weighted by Crippen LogP contribution is -2.50. The largest absolute Gasteiger partial charge is 0.365 e. The Hall–Kier alpha value is -1.95. The van der Waals surface area contributed by atoms with Crippen LogP contribution in [0, 0.1) is 0 Å². The average molecular weight is 288 g/mol. The van der Waals surface area contributed by atoms with Gasteiger partial charge in [-0.3, -0.25) is 19.9 Å². The molecule has 0 spiro atoms. The van der Waals surface area contributed by atoms with Gasteiger partial charge in [-0.15, -0.1) is 0 Å². The Morgan fingerprint density at radius 1 is 1.33 bits per heavy atom. The number of piperazine rings is 1. The van der Waals surface area contributed by atoms with Gasteiger partial charge in [0.2, 0.25) is 11.8 Å². The van der Waals surface area contributed by atoms with Crippen molar-refractivity contribution >= 4 is 17.5 Å². The summed E-state index contributed by atoms with van der Waals surface area (Å²) in [7, 11) is 0. The van der Waals surface area contributed by atoms with Gasteiger partial charge < -0.3 is 10.2 Å². The molecule has 2 atom stereocenters. The molecule has 0 bridgehead atoms. The summed E-state index contributed by atoms with van der Waals surface area (Å²) in [6.45, 7) is 5.08. The summed E-state index contributed by atoms with van der Waals surface area (Å²) < 4.78 is 0. The maximum absolute atomic E-state index is 11.9. The number of piperidine rings is 1. The van der Waals surface area contributed by atoms with Crippen LogP contribution >= 0.6 is 0 Å². The number of carbonyl (C=O) groups is 2. The molecule has 1 aromatic heterocycles. The van der Waals surface area contributed by atoms with Crippen LogP contribution in [-0.4, -0.2) is 42.5 Å². The number of rotatable bonds is 2. The van der Waals surface area contributed by atoms with Crippen LogP contribution in [0.15, 0.2) is 18.3 Å². The Morgan fingerprint density at radius 3 is 2.86 bits per heavy atom. The normalized spacial score (nSPS) is 26.6. The number of hydrogen-bond donors (Lipinski definition) is 2. The molecule has 0 radical (unpaired) electrons. The topological polar surface area (TPSA) is 74.3 Å². The highest BCUT2D eigenvalue weighted by Gasteiger charge is 2.29. The second kappa shape index (κ2) is 5.81. The minimum Gasteiger partial charge on any atom is -0.365 e. The van der Waals surface area contributed by atoms with Crippen LogP contribution in [0.5, 0.6) is 0 Å². The van der Waals surface area contributed by atoms with E-state index in [0.717, 1.165) is 31.0 Å². The molecule has 2 amide bonds. The highest BCUT2D eigenvalue weighted by atomic mass is 16.2.